The van der Waals surface area contributed by atoms with Crippen molar-refractivity contribution in [1.29, 1.82) is 0 Å². The maximum Gasteiger partial charge on any atom is 0.104 e. The van der Waals surface area contributed by atoms with Gasteiger partial charge in [-0.3, -0.25) is 4.98 Å². The zero-order valence-corrected chi connectivity index (χ0v) is 13.3. The minimum atomic E-state index is 0.115. The minimum absolute atomic E-state index is 0.115. The minimum Gasteiger partial charge on any atom is -0.376 e. The van der Waals surface area contributed by atoms with Crippen molar-refractivity contribution in [2.24, 2.45) is 0 Å². The van der Waals surface area contributed by atoms with E-state index in [0.29, 0.717) is 12.2 Å². The van der Waals surface area contributed by atoms with Crippen LogP contribution in [0.2, 0.25) is 0 Å². The molecule has 21 heavy (non-hydrogen) atoms. The van der Waals surface area contributed by atoms with Crippen LogP contribution in [0.4, 0.5) is 5.69 Å². The normalized spacial score (nSPS) is 21.4. The van der Waals surface area contributed by atoms with Gasteiger partial charge in [0.05, 0.1) is 31.2 Å². The molecule has 0 saturated carbocycles. The molecule has 2 aliphatic rings. The summed E-state index contributed by atoms with van der Waals surface area (Å²) in [6, 6.07) is 4.36. The van der Waals surface area contributed by atoms with E-state index in [0.717, 1.165) is 44.8 Å². The van der Waals surface area contributed by atoms with Gasteiger partial charge in [-0.15, -0.1) is 0 Å². The van der Waals surface area contributed by atoms with Crippen LogP contribution in [0.15, 0.2) is 18.3 Å². The summed E-state index contributed by atoms with van der Waals surface area (Å²) in [4.78, 5) is 7.04. The molecule has 2 fully saturated rings. The van der Waals surface area contributed by atoms with E-state index in [9.17, 15) is 0 Å². The summed E-state index contributed by atoms with van der Waals surface area (Å²) >= 11 is 0. The summed E-state index contributed by atoms with van der Waals surface area (Å²) in [5.41, 5.74) is 2.49. The number of ether oxygens (including phenoxy) is 2. The summed E-state index contributed by atoms with van der Waals surface area (Å²) in [7, 11) is 0. The Balaban J connectivity index is 1.54. The topological polar surface area (TPSA) is 34.6 Å². The molecule has 0 spiro atoms. The van der Waals surface area contributed by atoms with Crippen LogP contribution in [0.3, 0.4) is 0 Å². The first kappa shape index (κ1) is 14.8. The van der Waals surface area contributed by atoms with Crippen molar-refractivity contribution in [3.05, 3.63) is 24.0 Å². The van der Waals surface area contributed by atoms with Crippen LogP contribution >= 0.6 is 0 Å². The monoisotopic (exact) mass is 290 g/mol. The van der Waals surface area contributed by atoms with Gasteiger partial charge in [0.15, 0.2) is 0 Å². The van der Waals surface area contributed by atoms with E-state index in [1.54, 1.807) is 0 Å². The van der Waals surface area contributed by atoms with Gasteiger partial charge in [0.1, 0.15) is 6.10 Å². The van der Waals surface area contributed by atoms with Gasteiger partial charge in [-0.05, 0) is 25.0 Å². The fraction of sp³-hybridized carbons (Fsp3) is 0.706. The van der Waals surface area contributed by atoms with Gasteiger partial charge in [-0.25, -0.2) is 0 Å². The quantitative estimate of drug-likeness (QED) is 0.857. The van der Waals surface area contributed by atoms with Crippen LogP contribution in [-0.2, 0) is 14.9 Å². The van der Waals surface area contributed by atoms with Gasteiger partial charge in [0.2, 0.25) is 0 Å². The molecule has 0 unspecified atom stereocenters. The van der Waals surface area contributed by atoms with Crippen LogP contribution < -0.4 is 4.90 Å². The van der Waals surface area contributed by atoms with Crippen LogP contribution in [-0.4, -0.2) is 43.5 Å². The number of piperidine rings is 1. The summed E-state index contributed by atoms with van der Waals surface area (Å²) in [5, 5.41) is 0. The zero-order valence-electron chi connectivity index (χ0n) is 13.3. The maximum absolute atomic E-state index is 6.01. The third kappa shape index (κ3) is 3.55. The molecule has 1 aromatic rings. The maximum atomic E-state index is 6.01. The Morgan fingerprint density at radius 3 is 2.33 bits per heavy atom. The highest BCUT2D eigenvalue weighted by molar-refractivity contribution is 5.45. The first-order chi connectivity index (χ1) is 10.0. The summed E-state index contributed by atoms with van der Waals surface area (Å²) < 4.78 is 11.2. The Morgan fingerprint density at radius 1 is 1.14 bits per heavy atom. The zero-order chi connectivity index (χ0) is 14.9. The lowest BCUT2D eigenvalue weighted by atomic mass is 9.91. The molecule has 0 radical (unpaired) electrons. The molecule has 1 aromatic heterocycles. The molecule has 3 heterocycles. The fourth-order valence-corrected chi connectivity index (χ4v) is 2.83. The van der Waals surface area contributed by atoms with E-state index in [4.69, 9.17) is 9.47 Å². The highest BCUT2D eigenvalue weighted by Crippen LogP contribution is 2.25. The van der Waals surface area contributed by atoms with Crippen molar-refractivity contribution in [2.45, 2.75) is 51.2 Å². The van der Waals surface area contributed by atoms with Crippen molar-refractivity contribution < 1.29 is 9.47 Å². The molecule has 0 aliphatic carbocycles. The SMILES string of the molecule is CC(C)(C)c1ccc(N2CCC(OC3COC3)CC2)cn1. The molecular formula is C17H26N2O2. The Bertz CT molecular complexity index is 455. The Morgan fingerprint density at radius 2 is 1.86 bits per heavy atom. The van der Waals surface area contributed by atoms with E-state index < -0.39 is 0 Å². The number of nitrogens with zero attached hydrogens (tertiary/aromatic N) is 2. The number of hydrogen-bond acceptors (Lipinski definition) is 4. The summed E-state index contributed by atoms with van der Waals surface area (Å²) in [6.07, 6.45) is 4.95. The summed E-state index contributed by atoms with van der Waals surface area (Å²) in [6.45, 7) is 10.2. The second-order valence-corrected chi connectivity index (χ2v) is 7.13. The van der Waals surface area contributed by atoms with Crippen molar-refractivity contribution in [2.75, 3.05) is 31.2 Å². The van der Waals surface area contributed by atoms with Gasteiger partial charge in [-0.2, -0.15) is 0 Å². The lowest BCUT2D eigenvalue weighted by Crippen LogP contribution is -2.43. The van der Waals surface area contributed by atoms with E-state index in [2.05, 4.69) is 42.8 Å². The first-order valence-electron chi connectivity index (χ1n) is 7.97. The number of anilines is 1. The number of pyridine rings is 1. The highest BCUT2D eigenvalue weighted by atomic mass is 16.6. The van der Waals surface area contributed by atoms with Crippen LogP contribution in [0, 0.1) is 0 Å². The molecule has 0 amide bonds. The predicted octanol–water partition coefficient (Wildman–Crippen LogP) is 2.76. The van der Waals surface area contributed by atoms with Crippen molar-refractivity contribution in [1.82, 2.24) is 4.98 Å². The summed E-state index contributed by atoms with van der Waals surface area (Å²) in [5.74, 6) is 0. The number of hydrogen-bond donors (Lipinski definition) is 0. The molecule has 0 atom stereocenters. The molecule has 4 heteroatoms. The van der Waals surface area contributed by atoms with E-state index in [-0.39, 0.29) is 5.41 Å². The molecular weight excluding hydrogens is 264 g/mol. The standard InChI is InChI=1S/C17H26N2O2/c1-17(2,3)16-5-4-13(10-18-16)19-8-6-14(7-9-19)21-15-11-20-12-15/h4-5,10,14-15H,6-9,11-12H2,1-3H3. The third-order valence-electron chi connectivity index (χ3n) is 4.32. The van der Waals surface area contributed by atoms with Crippen LogP contribution in [0.25, 0.3) is 0 Å². The van der Waals surface area contributed by atoms with Crippen LogP contribution in [0.1, 0.15) is 39.3 Å². The Kier molecular flexibility index (Phi) is 4.18. The molecule has 4 nitrogen and oxygen atoms in total. The van der Waals surface area contributed by atoms with Gasteiger partial charge >= 0.3 is 0 Å². The Hall–Kier alpha value is -1.13. The van der Waals surface area contributed by atoms with Crippen molar-refractivity contribution in [3.8, 4) is 0 Å². The molecule has 2 aliphatic heterocycles. The average molecular weight is 290 g/mol. The lowest BCUT2D eigenvalue weighted by molar-refractivity contribution is -0.157. The molecule has 0 N–H and O–H groups in total. The van der Waals surface area contributed by atoms with Crippen molar-refractivity contribution >= 4 is 5.69 Å². The Labute approximate surface area is 127 Å². The first-order valence-corrected chi connectivity index (χ1v) is 7.97. The number of aromatic nitrogens is 1. The average Bonchev–Trinajstić information content (AvgIpc) is 2.43. The lowest BCUT2D eigenvalue weighted by Gasteiger charge is -2.37. The second kappa shape index (κ2) is 5.93. The predicted molar refractivity (Wildman–Crippen MR) is 83.9 cm³/mol. The molecule has 116 valence electrons. The van der Waals surface area contributed by atoms with Gasteiger partial charge in [0, 0.05) is 24.2 Å². The van der Waals surface area contributed by atoms with E-state index in [1.165, 1.54) is 5.69 Å². The van der Waals surface area contributed by atoms with Crippen LogP contribution in [0.5, 0.6) is 0 Å². The smallest absolute Gasteiger partial charge is 0.104 e. The number of rotatable bonds is 3. The molecule has 2 saturated heterocycles. The van der Waals surface area contributed by atoms with Gasteiger partial charge in [0.25, 0.3) is 0 Å². The largest absolute Gasteiger partial charge is 0.376 e. The fourth-order valence-electron chi connectivity index (χ4n) is 2.83. The van der Waals surface area contributed by atoms with Gasteiger partial charge < -0.3 is 14.4 Å². The van der Waals surface area contributed by atoms with Crippen molar-refractivity contribution in [3.63, 3.8) is 0 Å². The highest BCUT2D eigenvalue weighted by Gasteiger charge is 2.27. The molecule has 3 rings (SSSR count). The van der Waals surface area contributed by atoms with E-state index >= 15 is 0 Å². The van der Waals surface area contributed by atoms with Gasteiger partial charge in [-0.1, -0.05) is 20.8 Å². The van der Waals surface area contributed by atoms with E-state index in [1.807, 2.05) is 6.20 Å². The molecule has 0 bridgehead atoms. The third-order valence-corrected chi connectivity index (χ3v) is 4.32. The molecule has 0 aromatic carbocycles. The second-order valence-electron chi connectivity index (χ2n) is 7.13.